The van der Waals surface area contributed by atoms with Gasteiger partial charge in [0.05, 0.1) is 11.6 Å². The number of benzene rings is 1. The predicted molar refractivity (Wildman–Crippen MR) is 62.7 cm³/mol. The van der Waals surface area contributed by atoms with Gasteiger partial charge in [-0.25, -0.2) is 4.68 Å². The van der Waals surface area contributed by atoms with Crippen LogP contribution in [-0.2, 0) is 0 Å². The van der Waals surface area contributed by atoms with E-state index in [2.05, 4.69) is 36.1 Å². The smallest absolute Gasteiger partial charge is 0.113 e. The molecule has 79 valence electrons. The maximum Gasteiger partial charge on any atom is 0.113 e. The number of hydrogen-bond donors (Lipinski definition) is 0. The van der Waals surface area contributed by atoms with Gasteiger partial charge in [0.25, 0.3) is 0 Å². The monoisotopic (exact) mass is 210 g/mol. The van der Waals surface area contributed by atoms with Crippen LogP contribution in [0.1, 0.15) is 13.0 Å². The Labute approximate surface area is 95.5 Å². The Bertz CT molecular complexity index is 483. The van der Waals surface area contributed by atoms with Crippen LogP contribution in [0.3, 0.4) is 0 Å². The van der Waals surface area contributed by atoms with Gasteiger partial charge >= 0.3 is 0 Å². The van der Waals surface area contributed by atoms with Crippen LogP contribution in [0.25, 0.3) is 11.0 Å². The van der Waals surface area contributed by atoms with Crippen molar-refractivity contribution in [1.82, 2.24) is 15.0 Å². The van der Waals surface area contributed by atoms with E-state index in [1.165, 1.54) is 5.92 Å². The van der Waals surface area contributed by atoms with Gasteiger partial charge in [-0.2, -0.15) is 0 Å². The third-order valence-electron chi connectivity index (χ3n) is 2.92. The number of para-hydroxylation sites is 1. The molecule has 0 bridgehead atoms. The molecule has 2 aromatic rings. The molecule has 16 heavy (non-hydrogen) atoms. The minimum absolute atomic E-state index is 0.224. The van der Waals surface area contributed by atoms with Crippen LogP contribution in [0.5, 0.6) is 0 Å². The maximum absolute atomic E-state index is 4.22. The fourth-order valence-electron chi connectivity index (χ4n) is 1.98. The van der Waals surface area contributed by atoms with Crippen LogP contribution >= 0.6 is 0 Å². The third-order valence-corrected chi connectivity index (χ3v) is 2.92. The molecule has 3 rings (SSSR count). The zero-order chi connectivity index (χ0) is 11.0. The summed E-state index contributed by atoms with van der Waals surface area (Å²) in [5.41, 5.74) is 2.03. The molecule has 0 saturated heterocycles. The zero-order valence-electron chi connectivity index (χ0n) is 9.04. The van der Waals surface area contributed by atoms with E-state index in [-0.39, 0.29) is 6.04 Å². The Balaban J connectivity index is 1.98. The highest BCUT2D eigenvalue weighted by Crippen LogP contribution is 2.33. The molecule has 1 aliphatic rings. The first-order chi connectivity index (χ1) is 7.86. The predicted octanol–water partition coefficient (Wildman–Crippen LogP) is 2.40. The van der Waals surface area contributed by atoms with Crippen molar-refractivity contribution in [2.75, 3.05) is 0 Å². The standard InChI is InChI=1S/C13H12N3/c1-10(11-6-2-3-7-11)16-13-9-5-4-8-12(13)14-15-16/h2-10H,1H3. The zero-order valence-corrected chi connectivity index (χ0v) is 9.04. The molecule has 0 amide bonds. The van der Waals surface area contributed by atoms with E-state index in [9.17, 15) is 0 Å². The Morgan fingerprint density at radius 3 is 2.69 bits per heavy atom. The molecular formula is C13H12N3. The topological polar surface area (TPSA) is 30.7 Å². The molecule has 3 heteroatoms. The average molecular weight is 210 g/mol. The summed E-state index contributed by atoms with van der Waals surface area (Å²) in [6.45, 7) is 2.14. The van der Waals surface area contributed by atoms with Gasteiger partial charge in [0, 0.05) is 5.92 Å². The molecule has 1 aliphatic carbocycles. The first-order valence-electron chi connectivity index (χ1n) is 5.38. The van der Waals surface area contributed by atoms with Crippen molar-refractivity contribution in [3.8, 4) is 0 Å². The highest BCUT2D eigenvalue weighted by Gasteiger charge is 2.25. The number of hydrogen-bond acceptors (Lipinski definition) is 2. The summed E-state index contributed by atoms with van der Waals surface area (Å²) in [5, 5.41) is 8.38. The lowest BCUT2D eigenvalue weighted by molar-refractivity contribution is 0.524. The highest BCUT2D eigenvalue weighted by atomic mass is 15.4. The molecule has 1 atom stereocenters. The molecule has 1 heterocycles. The van der Waals surface area contributed by atoms with Crippen molar-refractivity contribution in [1.29, 1.82) is 0 Å². The molecule has 0 aliphatic heterocycles. The molecule has 1 unspecified atom stereocenters. The summed E-state index contributed by atoms with van der Waals surface area (Å²) in [7, 11) is 0. The second-order valence-electron chi connectivity index (χ2n) is 3.92. The molecule has 1 saturated carbocycles. The Morgan fingerprint density at radius 2 is 1.88 bits per heavy atom. The number of fused-ring (bicyclic) bond motifs is 1. The number of nitrogens with zero attached hydrogens (tertiary/aromatic N) is 3. The minimum Gasteiger partial charge on any atom is -0.241 e. The van der Waals surface area contributed by atoms with Gasteiger partial charge in [0.1, 0.15) is 5.52 Å². The number of rotatable bonds is 2. The van der Waals surface area contributed by atoms with Gasteiger partial charge in [-0.05, 0) is 44.7 Å². The Kier molecular flexibility index (Phi) is 2.39. The first-order valence-corrected chi connectivity index (χ1v) is 5.38. The van der Waals surface area contributed by atoms with E-state index in [4.69, 9.17) is 0 Å². The summed E-state index contributed by atoms with van der Waals surface area (Å²) in [5.74, 6) is 1.26. The van der Waals surface area contributed by atoms with E-state index in [0.29, 0.717) is 0 Å². The van der Waals surface area contributed by atoms with Crippen LogP contribution < -0.4 is 0 Å². The molecular weight excluding hydrogens is 198 g/mol. The lowest BCUT2D eigenvalue weighted by Gasteiger charge is -2.18. The van der Waals surface area contributed by atoms with E-state index in [1.807, 2.05) is 35.7 Å². The molecule has 1 aromatic heterocycles. The van der Waals surface area contributed by atoms with Crippen LogP contribution in [0.4, 0.5) is 0 Å². The quantitative estimate of drug-likeness (QED) is 0.762. The summed E-state index contributed by atoms with van der Waals surface area (Å²) in [6, 6.07) is 8.25. The molecule has 0 spiro atoms. The van der Waals surface area contributed by atoms with Gasteiger partial charge in [0.15, 0.2) is 0 Å². The SMILES string of the molecule is CC([C]1[CH][CH][CH][CH]1)n1nnc2ccccc21. The van der Waals surface area contributed by atoms with Crippen molar-refractivity contribution in [3.63, 3.8) is 0 Å². The van der Waals surface area contributed by atoms with Crippen molar-refractivity contribution >= 4 is 11.0 Å². The fraction of sp³-hybridized carbons (Fsp3) is 0.154. The molecule has 3 nitrogen and oxygen atoms in total. The molecule has 0 N–H and O–H groups in total. The lowest BCUT2D eigenvalue weighted by atomic mass is 10.00. The van der Waals surface area contributed by atoms with Gasteiger partial charge in [-0.3, -0.25) is 0 Å². The second-order valence-corrected chi connectivity index (χ2v) is 3.92. The van der Waals surface area contributed by atoms with E-state index in [1.54, 1.807) is 0 Å². The average Bonchev–Trinajstić information content (AvgIpc) is 2.98. The van der Waals surface area contributed by atoms with Gasteiger partial charge in [-0.1, -0.05) is 17.3 Å². The van der Waals surface area contributed by atoms with Gasteiger partial charge < -0.3 is 0 Å². The molecule has 1 fully saturated rings. The first kappa shape index (κ1) is 9.82. The van der Waals surface area contributed by atoms with Crippen LogP contribution in [0, 0.1) is 31.6 Å². The summed E-state index contributed by atoms with van der Waals surface area (Å²) in [6.07, 6.45) is 8.32. The summed E-state index contributed by atoms with van der Waals surface area (Å²) in [4.78, 5) is 0. The summed E-state index contributed by atoms with van der Waals surface area (Å²) < 4.78 is 1.96. The fourth-order valence-corrected chi connectivity index (χ4v) is 1.98. The largest absolute Gasteiger partial charge is 0.241 e. The van der Waals surface area contributed by atoms with Gasteiger partial charge in [-0.15, -0.1) is 5.10 Å². The van der Waals surface area contributed by atoms with Crippen molar-refractivity contribution in [2.45, 2.75) is 13.0 Å². The Morgan fingerprint density at radius 1 is 1.12 bits per heavy atom. The van der Waals surface area contributed by atoms with Crippen molar-refractivity contribution in [3.05, 3.63) is 55.9 Å². The highest BCUT2D eigenvalue weighted by molar-refractivity contribution is 5.74. The van der Waals surface area contributed by atoms with Crippen molar-refractivity contribution < 1.29 is 0 Å². The van der Waals surface area contributed by atoms with E-state index >= 15 is 0 Å². The van der Waals surface area contributed by atoms with Gasteiger partial charge in [0.2, 0.25) is 0 Å². The molecule has 5 radical (unpaired) electrons. The van der Waals surface area contributed by atoms with Crippen LogP contribution in [-0.4, -0.2) is 15.0 Å². The van der Waals surface area contributed by atoms with Crippen LogP contribution in [0.15, 0.2) is 24.3 Å². The van der Waals surface area contributed by atoms with E-state index in [0.717, 1.165) is 11.0 Å². The van der Waals surface area contributed by atoms with E-state index < -0.39 is 0 Å². The minimum atomic E-state index is 0.224. The maximum atomic E-state index is 4.22. The molecule has 1 aromatic carbocycles. The third kappa shape index (κ3) is 1.51. The second kappa shape index (κ2) is 3.89. The Hall–Kier alpha value is -1.38. The normalized spacial score (nSPS) is 19.3. The van der Waals surface area contributed by atoms with Crippen LogP contribution in [0.2, 0.25) is 0 Å². The summed E-state index contributed by atoms with van der Waals surface area (Å²) >= 11 is 0. The lowest BCUT2D eigenvalue weighted by Crippen LogP contribution is -2.14. The van der Waals surface area contributed by atoms with Crippen molar-refractivity contribution in [2.24, 2.45) is 0 Å². The number of aromatic nitrogens is 3.